The summed E-state index contributed by atoms with van der Waals surface area (Å²) in [6.45, 7) is 3.45. The largest absolute Gasteiger partial charge is 0.340 e. The lowest BCUT2D eigenvalue weighted by atomic mass is 10.0. The van der Waals surface area contributed by atoms with Gasteiger partial charge in [0.05, 0.1) is 10.6 Å². The molecule has 1 atom stereocenters. The van der Waals surface area contributed by atoms with Crippen molar-refractivity contribution in [1.29, 1.82) is 0 Å². The highest BCUT2D eigenvalue weighted by Crippen LogP contribution is 2.20. The van der Waals surface area contributed by atoms with Gasteiger partial charge < -0.3 is 5.32 Å². The molecule has 0 saturated carbocycles. The quantitative estimate of drug-likeness (QED) is 0.641. The first-order valence-electron chi connectivity index (χ1n) is 8.30. The number of halogens is 3. The van der Waals surface area contributed by atoms with Gasteiger partial charge in [0.15, 0.2) is 0 Å². The zero-order valence-corrected chi connectivity index (χ0v) is 16.6. The highest BCUT2D eigenvalue weighted by Gasteiger charge is 2.25. The van der Waals surface area contributed by atoms with E-state index in [-0.39, 0.29) is 22.1 Å². The zero-order chi connectivity index (χ0) is 20.8. The van der Waals surface area contributed by atoms with Crippen molar-refractivity contribution in [2.24, 2.45) is 5.92 Å². The first-order valence-corrected chi connectivity index (χ1v) is 9.06. The number of benzene rings is 2. The normalized spacial score (nSPS) is 11.6. The molecule has 2 aromatic carbocycles. The van der Waals surface area contributed by atoms with Crippen molar-refractivity contribution in [2.45, 2.75) is 19.9 Å². The summed E-state index contributed by atoms with van der Waals surface area (Å²) < 4.78 is 13.0. The molecule has 2 rings (SSSR count). The van der Waals surface area contributed by atoms with Crippen molar-refractivity contribution >= 4 is 40.9 Å². The number of hydrogen-bond donors (Lipinski definition) is 3. The Kier molecular flexibility index (Phi) is 7.37. The smallest absolute Gasteiger partial charge is 0.271 e. The minimum Gasteiger partial charge on any atom is -0.340 e. The number of hydrogen-bond acceptors (Lipinski definition) is 3. The Bertz CT molecular complexity index is 888. The number of carbonyl (C=O) groups is 3. The monoisotopic (exact) mass is 425 g/mol. The van der Waals surface area contributed by atoms with Crippen LogP contribution in [0.4, 0.5) is 4.39 Å². The molecule has 0 aliphatic rings. The molecule has 1 unspecified atom stereocenters. The van der Waals surface area contributed by atoms with Gasteiger partial charge in [-0.1, -0.05) is 37.0 Å². The van der Waals surface area contributed by atoms with Gasteiger partial charge in [-0.3, -0.25) is 25.2 Å². The average molecular weight is 426 g/mol. The molecule has 3 amide bonds. The highest BCUT2D eigenvalue weighted by atomic mass is 35.5. The van der Waals surface area contributed by atoms with E-state index in [0.717, 1.165) is 12.1 Å². The van der Waals surface area contributed by atoms with E-state index in [9.17, 15) is 18.8 Å². The van der Waals surface area contributed by atoms with Crippen LogP contribution in [0.3, 0.4) is 0 Å². The van der Waals surface area contributed by atoms with Gasteiger partial charge in [0, 0.05) is 10.6 Å². The van der Waals surface area contributed by atoms with E-state index in [1.54, 1.807) is 13.8 Å². The number of nitrogens with one attached hydrogen (secondary N) is 3. The first-order chi connectivity index (χ1) is 13.2. The minimum atomic E-state index is -0.937. The predicted molar refractivity (Wildman–Crippen MR) is 105 cm³/mol. The number of amides is 3. The van der Waals surface area contributed by atoms with Gasteiger partial charge in [-0.2, -0.15) is 0 Å². The molecule has 0 aliphatic heterocycles. The summed E-state index contributed by atoms with van der Waals surface area (Å²) in [7, 11) is 0. The molecular formula is C19H18Cl2FN3O3. The van der Waals surface area contributed by atoms with Crippen LogP contribution in [0.25, 0.3) is 0 Å². The molecule has 0 aromatic heterocycles. The Morgan fingerprint density at radius 3 is 2.18 bits per heavy atom. The molecule has 0 bridgehead atoms. The van der Waals surface area contributed by atoms with Crippen molar-refractivity contribution in [3.8, 4) is 0 Å². The van der Waals surface area contributed by atoms with Gasteiger partial charge in [-0.05, 0) is 48.4 Å². The van der Waals surface area contributed by atoms with E-state index in [2.05, 4.69) is 16.2 Å². The number of carbonyl (C=O) groups excluding carboxylic acids is 3. The van der Waals surface area contributed by atoms with Crippen LogP contribution in [0.2, 0.25) is 10.0 Å². The van der Waals surface area contributed by atoms with Gasteiger partial charge >= 0.3 is 0 Å². The molecule has 0 radical (unpaired) electrons. The summed E-state index contributed by atoms with van der Waals surface area (Å²) in [4.78, 5) is 36.9. The van der Waals surface area contributed by atoms with Crippen LogP contribution < -0.4 is 16.2 Å². The lowest BCUT2D eigenvalue weighted by molar-refractivity contribution is -0.124. The fourth-order valence-electron chi connectivity index (χ4n) is 2.30. The van der Waals surface area contributed by atoms with Crippen LogP contribution in [0.15, 0.2) is 42.5 Å². The molecule has 0 saturated heterocycles. The van der Waals surface area contributed by atoms with Gasteiger partial charge in [-0.25, -0.2) is 4.39 Å². The van der Waals surface area contributed by atoms with E-state index in [0.29, 0.717) is 5.02 Å². The molecule has 0 spiro atoms. The van der Waals surface area contributed by atoms with Crippen LogP contribution in [0.1, 0.15) is 34.6 Å². The summed E-state index contributed by atoms with van der Waals surface area (Å²) in [5, 5.41) is 3.04. The molecule has 0 fully saturated rings. The lowest BCUT2D eigenvalue weighted by Crippen LogP contribution is -2.54. The van der Waals surface area contributed by atoms with E-state index >= 15 is 0 Å². The average Bonchev–Trinajstić information content (AvgIpc) is 2.65. The topological polar surface area (TPSA) is 87.3 Å². The molecule has 9 heteroatoms. The standard InChI is InChI=1S/C19H18Cl2FN3O3/c1-10(2)16(23-17(26)11-3-6-13(22)7-4-11)19(28)25-24-18(27)14-9-12(20)5-8-15(14)21/h3-10,16H,1-2H3,(H,23,26)(H,24,27)(H,25,28). The second kappa shape index (κ2) is 9.52. The maximum absolute atomic E-state index is 13.0. The number of hydrazine groups is 1. The molecule has 3 N–H and O–H groups in total. The Hall–Kier alpha value is -2.64. The van der Waals surface area contributed by atoms with Crippen molar-refractivity contribution in [2.75, 3.05) is 0 Å². The summed E-state index contributed by atoms with van der Waals surface area (Å²) in [5.41, 5.74) is 4.79. The first kappa shape index (κ1) is 21.7. The minimum absolute atomic E-state index is 0.0888. The van der Waals surface area contributed by atoms with Gasteiger partial charge in [0.1, 0.15) is 11.9 Å². The summed E-state index contributed by atoms with van der Waals surface area (Å²) in [6, 6.07) is 8.32. The molecular weight excluding hydrogens is 408 g/mol. The SMILES string of the molecule is CC(C)C(NC(=O)c1ccc(F)cc1)C(=O)NNC(=O)c1cc(Cl)ccc1Cl. The third-order valence-electron chi connectivity index (χ3n) is 3.81. The van der Waals surface area contributed by atoms with Crippen molar-refractivity contribution in [3.05, 3.63) is 69.5 Å². The molecule has 148 valence electrons. The van der Waals surface area contributed by atoms with E-state index in [1.165, 1.54) is 30.3 Å². The third-order valence-corrected chi connectivity index (χ3v) is 4.38. The van der Waals surface area contributed by atoms with E-state index < -0.39 is 29.6 Å². The molecule has 2 aromatic rings. The summed E-state index contributed by atoms with van der Waals surface area (Å²) in [6.07, 6.45) is 0. The predicted octanol–water partition coefficient (Wildman–Crippen LogP) is 3.35. The highest BCUT2D eigenvalue weighted by molar-refractivity contribution is 6.35. The van der Waals surface area contributed by atoms with Gasteiger partial charge in [0.25, 0.3) is 17.7 Å². The van der Waals surface area contributed by atoms with Gasteiger partial charge in [0.2, 0.25) is 0 Å². The van der Waals surface area contributed by atoms with E-state index in [1.807, 2.05) is 0 Å². The number of rotatable bonds is 5. The van der Waals surface area contributed by atoms with Crippen LogP contribution in [-0.2, 0) is 4.79 Å². The fraction of sp³-hybridized carbons (Fsp3) is 0.211. The maximum atomic E-state index is 13.0. The Morgan fingerprint density at radius 1 is 0.929 bits per heavy atom. The zero-order valence-electron chi connectivity index (χ0n) is 15.1. The van der Waals surface area contributed by atoms with Crippen LogP contribution >= 0.6 is 23.2 Å². The van der Waals surface area contributed by atoms with Crippen LogP contribution in [0, 0.1) is 11.7 Å². The van der Waals surface area contributed by atoms with Crippen molar-refractivity contribution in [3.63, 3.8) is 0 Å². The molecule has 0 heterocycles. The Labute approximate surface area is 171 Å². The molecule has 0 aliphatic carbocycles. The van der Waals surface area contributed by atoms with Crippen molar-refractivity contribution < 1.29 is 18.8 Å². The van der Waals surface area contributed by atoms with E-state index in [4.69, 9.17) is 23.2 Å². The van der Waals surface area contributed by atoms with Crippen LogP contribution in [-0.4, -0.2) is 23.8 Å². The second-order valence-corrected chi connectivity index (χ2v) is 7.11. The maximum Gasteiger partial charge on any atom is 0.271 e. The third kappa shape index (κ3) is 5.68. The van der Waals surface area contributed by atoms with Gasteiger partial charge in [-0.15, -0.1) is 0 Å². The summed E-state index contributed by atoms with van der Waals surface area (Å²) >= 11 is 11.8. The van der Waals surface area contributed by atoms with Crippen molar-refractivity contribution in [1.82, 2.24) is 16.2 Å². The summed E-state index contributed by atoms with van der Waals surface area (Å²) in [5.74, 6) is -2.59. The second-order valence-electron chi connectivity index (χ2n) is 6.27. The Morgan fingerprint density at radius 2 is 1.57 bits per heavy atom. The lowest BCUT2D eigenvalue weighted by Gasteiger charge is -2.22. The molecule has 28 heavy (non-hydrogen) atoms. The fourth-order valence-corrected chi connectivity index (χ4v) is 2.67. The Balaban J connectivity index is 2.02. The van der Waals surface area contributed by atoms with Crippen LogP contribution in [0.5, 0.6) is 0 Å². The molecule has 6 nitrogen and oxygen atoms in total.